The second-order valence-electron chi connectivity index (χ2n) is 4.28. The number of hydrogen-bond donors (Lipinski definition) is 0. The number of hydrogen-bond acceptors (Lipinski definition) is 6. The quantitative estimate of drug-likeness (QED) is 0.455. The monoisotopic (exact) mass is 301 g/mol. The Kier molecular flexibility index (Phi) is 5.69. The molecule has 0 aromatic carbocycles. The van der Waals surface area contributed by atoms with Crippen LogP contribution in [0.2, 0.25) is 5.02 Å². The lowest BCUT2D eigenvalue weighted by Gasteiger charge is -2.27. The van der Waals surface area contributed by atoms with Crippen LogP contribution < -0.4 is 4.90 Å². The number of pyridine rings is 1. The molecule has 0 aliphatic rings. The molecule has 0 N–H and O–H groups in total. The number of carbonyl (C=O) groups excluding carboxylic acids is 1. The molecule has 0 fully saturated rings. The average molecular weight is 302 g/mol. The van der Waals surface area contributed by atoms with Gasteiger partial charge in [0, 0.05) is 12.1 Å². The summed E-state index contributed by atoms with van der Waals surface area (Å²) < 4.78 is 4.89. The summed E-state index contributed by atoms with van der Waals surface area (Å²) in [6.45, 7) is 5.70. The molecule has 0 atom stereocenters. The van der Waals surface area contributed by atoms with Crippen LogP contribution in [-0.2, 0) is 9.53 Å². The van der Waals surface area contributed by atoms with E-state index in [1.54, 1.807) is 11.8 Å². The highest BCUT2D eigenvalue weighted by Gasteiger charge is 2.21. The molecule has 0 saturated heterocycles. The topological polar surface area (TPSA) is 85.6 Å². The van der Waals surface area contributed by atoms with Crippen LogP contribution in [0.15, 0.2) is 12.3 Å². The Bertz CT molecular complexity index is 507. The number of halogens is 1. The van der Waals surface area contributed by atoms with Gasteiger partial charge in [0.05, 0.1) is 16.6 Å². The average Bonchev–Trinajstić information content (AvgIpc) is 2.36. The number of aromatic nitrogens is 1. The van der Waals surface area contributed by atoms with E-state index in [9.17, 15) is 14.9 Å². The molecule has 110 valence electrons. The van der Waals surface area contributed by atoms with Crippen LogP contribution in [0.3, 0.4) is 0 Å². The highest BCUT2D eigenvalue weighted by molar-refractivity contribution is 6.33. The predicted octanol–water partition coefficient (Wildman–Crippen LogP) is 2.42. The third-order valence-corrected chi connectivity index (χ3v) is 2.80. The highest BCUT2D eigenvalue weighted by atomic mass is 35.5. The van der Waals surface area contributed by atoms with Crippen molar-refractivity contribution in [1.82, 2.24) is 4.98 Å². The molecular weight excluding hydrogens is 286 g/mol. The van der Waals surface area contributed by atoms with Gasteiger partial charge in [-0.05, 0) is 20.8 Å². The van der Waals surface area contributed by atoms with E-state index < -0.39 is 10.9 Å². The van der Waals surface area contributed by atoms with Crippen molar-refractivity contribution >= 4 is 29.1 Å². The second-order valence-corrected chi connectivity index (χ2v) is 4.69. The second kappa shape index (κ2) is 7.04. The SMILES string of the molecule is CCOC(=O)CN(c1ncc([N+](=O)[O-])cc1Cl)C(C)C. The van der Waals surface area contributed by atoms with Gasteiger partial charge in [0.25, 0.3) is 5.69 Å². The van der Waals surface area contributed by atoms with Gasteiger partial charge in [-0.2, -0.15) is 0 Å². The number of anilines is 1. The number of rotatable bonds is 6. The lowest BCUT2D eigenvalue weighted by Crippen LogP contribution is -2.37. The maximum atomic E-state index is 11.6. The largest absolute Gasteiger partial charge is 0.465 e. The summed E-state index contributed by atoms with van der Waals surface area (Å²) in [5.41, 5.74) is -0.196. The molecule has 8 heteroatoms. The summed E-state index contributed by atoms with van der Waals surface area (Å²) in [6.07, 6.45) is 1.11. The Morgan fingerprint density at radius 3 is 2.70 bits per heavy atom. The molecular formula is C12H16ClN3O4. The Labute approximate surface area is 121 Å². The minimum atomic E-state index is -0.576. The number of nitro groups is 1. The van der Waals surface area contributed by atoms with Crippen LogP contribution in [0, 0.1) is 10.1 Å². The zero-order valence-electron chi connectivity index (χ0n) is 11.5. The molecule has 0 unspecified atom stereocenters. The molecule has 0 aliphatic heterocycles. The summed E-state index contributed by atoms with van der Waals surface area (Å²) in [4.78, 5) is 27.3. The lowest BCUT2D eigenvalue weighted by atomic mass is 10.3. The minimum absolute atomic E-state index is 0.0178. The predicted molar refractivity (Wildman–Crippen MR) is 75.0 cm³/mol. The molecule has 20 heavy (non-hydrogen) atoms. The fraction of sp³-hybridized carbons (Fsp3) is 0.500. The van der Waals surface area contributed by atoms with Crippen LogP contribution >= 0.6 is 11.6 Å². The first-order chi connectivity index (χ1) is 9.36. The zero-order chi connectivity index (χ0) is 15.3. The maximum Gasteiger partial charge on any atom is 0.325 e. The molecule has 1 aromatic heterocycles. The summed E-state index contributed by atoms with van der Waals surface area (Å²) in [6, 6.07) is 1.15. The Morgan fingerprint density at radius 1 is 1.60 bits per heavy atom. The minimum Gasteiger partial charge on any atom is -0.465 e. The Balaban J connectivity index is 3.03. The molecule has 1 rings (SSSR count). The molecule has 7 nitrogen and oxygen atoms in total. The van der Waals surface area contributed by atoms with Crippen LogP contribution in [0.4, 0.5) is 11.5 Å². The lowest BCUT2D eigenvalue weighted by molar-refractivity contribution is -0.385. The maximum absolute atomic E-state index is 11.6. The first-order valence-corrected chi connectivity index (χ1v) is 6.46. The Morgan fingerprint density at radius 2 is 2.25 bits per heavy atom. The van der Waals surface area contributed by atoms with Gasteiger partial charge in [0.1, 0.15) is 18.6 Å². The van der Waals surface area contributed by atoms with Crippen molar-refractivity contribution in [2.45, 2.75) is 26.8 Å². The van der Waals surface area contributed by atoms with Crippen LogP contribution in [-0.4, -0.2) is 35.1 Å². The van der Waals surface area contributed by atoms with Gasteiger partial charge >= 0.3 is 5.97 Å². The molecule has 1 heterocycles. The van der Waals surface area contributed by atoms with E-state index in [2.05, 4.69) is 4.98 Å². The van der Waals surface area contributed by atoms with Crippen LogP contribution in [0.25, 0.3) is 0 Å². The van der Waals surface area contributed by atoms with Crippen molar-refractivity contribution in [2.75, 3.05) is 18.1 Å². The van der Waals surface area contributed by atoms with Gasteiger partial charge in [0.2, 0.25) is 0 Å². The van der Waals surface area contributed by atoms with Gasteiger partial charge < -0.3 is 9.64 Å². The van der Waals surface area contributed by atoms with E-state index in [0.717, 1.165) is 6.20 Å². The summed E-state index contributed by atoms with van der Waals surface area (Å²) in [5, 5.41) is 10.8. The number of ether oxygens (including phenoxy) is 1. The fourth-order valence-electron chi connectivity index (χ4n) is 1.58. The van der Waals surface area contributed by atoms with Gasteiger partial charge in [-0.15, -0.1) is 0 Å². The van der Waals surface area contributed by atoms with Gasteiger partial charge in [-0.1, -0.05) is 11.6 Å². The number of nitrogens with zero attached hydrogens (tertiary/aromatic N) is 3. The summed E-state index contributed by atoms with van der Waals surface area (Å²) >= 11 is 6.01. The van der Waals surface area contributed by atoms with E-state index >= 15 is 0 Å². The molecule has 0 spiro atoms. The molecule has 0 amide bonds. The third kappa shape index (κ3) is 4.06. The van der Waals surface area contributed by atoms with Gasteiger partial charge in [0.15, 0.2) is 0 Å². The smallest absolute Gasteiger partial charge is 0.325 e. The normalized spacial score (nSPS) is 10.4. The van der Waals surface area contributed by atoms with Crippen molar-refractivity contribution in [3.8, 4) is 0 Å². The zero-order valence-corrected chi connectivity index (χ0v) is 12.3. The third-order valence-electron chi connectivity index (χ3n) is 2.52. The van der Waals surface area contributed by atoms with Gasteiger partial charge in [-0.25, -0.2) is 4.98 Å². The van der Waals surface area contributed by atoms with E-state index in [0.29, 0.717) is 5.82 Å². The standard InChI is InChI=1S/C12H16ClN3O4/c1-4-20-11(17)7-15(8(2)3)12-10(13)5-9(6-14-12)16(18)19/h5-6,8H,4,7H2,1-3H3. The first kappa shape index (κ1) is 16.2. The van der Waals surface area contributed by atoms with E-state index in [1.165, 1.54) is 6.07 Å². The van der Waals surface area contributed by atoms with Gasteiger partial charge in [-0.3, -0.25) is 14.9 Å². The van der Waals surface area contributed by atoms with Crippen molar-refractivity contribution in [1.29, 1.82) is 0 Å². The number of esters is 1. The number of carbonyl (C=O) groups is 1. The first-order valence-electron chi connectivity index (χ1n) is 6.09. The highest BCUT2D eigenvalue weighted by Crippen LogP contribution is 2.28. The van der Waals surface area contributed by atoms with E-state index in [-0.39, 0.29) is 29.9 Å². The Hall–Kier alpha value is -1.89. The van der Waals surface area contributed by atoms with E-state index in [1.807, 2.05) is 13.8 Å². The molecule has 0 saturated carbocycles. The summed E-state index contributed by atoms with van der Waals surface area (Å²) in [5.74, 6) is -0.0854. The van der Waals surface area contributed by atoms with Crippen molar-refractivity contribution in [3.63, 3.8) is 0 Å². The molecule has 0 radical (unpaired) electrons. The van der Waals surface area contributed by atoms with Crippen molar-refractivity contribution < 1.29 is 14.5 Å². The van der Waals surface area contributed by atoms with Crippen LogP contribution in [0.5, 0.6) is 0 Å². The van der Waals surface area contributed by atoms with Crippen LogP contribution in [0.1, 0.15) is 20.8 Å². The molecule has 1 aromatic rings. The van der Waals surface area contributed by atoms with Crippen molar-refractivity contribution in [2.24, 2.45) is 0 Å². The van der Waals surface area contributed by atoms with E-state index in [4.69, 9.17) is 16.3 Å². The summed E-state index contributed by atoms with van der Waals surface area (Å²) in [7, 11) is 0. The van der Waals surface area contributed by atoms with Crippen molar-refractivity contribution in [3.05, 3.63) is 27.4 Å². The fourth-order valence-corrected chi connectivity index (χ4v) is 1.85. The molecule has 0 aliphatic carbocycles. The molecule has 0 bridgehead atoms.